The standard InChI is InChI=1S/C16H24S2/c1-16(2,3)14-13-11-8-6-5-7-10(11)9-12(13)15(17-4)18-14/h10-11H,5-9H2,1-4H3. The molecule has 2 aliphatic carbocycles. The van der Waals surface area contributed by atoms with Crippen molar-refractivity contribution in [3.63, 3.8) is 0 Å². The van der Waals surface area contributed by atoms with Gasteiger partial charge in [0.1, 0.15) is 0 Å². The molecule has 2 unspecified atom stereocenters. The van der Waals surface area contributed by atoms with Gasteiger partial charge >= 0.3 is 0 Å². The summed E-state index contributed by atoms with van der Waals surface area (Å²) in [4.78, 5) is 1.69. The smallest absolute Gasteiger partial charge is 0.0634 e. The second kappa shape index (κ2) is 4.56. The van der Waals surface area contributed by atoms with Crippen molar-refractivity contribution in [2.24, 2.45) is 5.92 Å². The van der Waals surface area contributed by atoms with E-state index in [9.17, 15) is 0 Å². The predicted octanol–water partition coefficient (Wildman–Crippen LogP) is 5.60. The molecule has 0 spiro atoms. The first-order valence-electron chi connectivity index (χ1n) is 7.22. The van der Waals surface area contributed by atoms with Crippen LogP contribution in [0.2, 0.25) is 0 Å². The van der Waals surface area contributed by atoms with Crippen molar-refractivity contribution in [1.82, 2.24) is 0 Å². The molecule has 1 aromatic rings. The highest BCUT2D eigenvalue weighted by molar-refractivity contribution is 8.00. The Labute approximate surface area is 120 Å². The second-order valence-corrected chi connectivity index (χ2v) is 9.02. The highest BCUT2D eigenvalue weighted by atomic mass is 32.2. The van der Waals surface area contributed by atoms with Crippen LogP contribution in [0.4, 0.5) is 0 Å². The molecule has 100 valence electrons. The van der Waals surface area contributed by atoms with Gasteiger partial charge in [0.15, 0.2) is 0 Å². The van der Waals surface area contributed by atoms with Crippen LogP contribution in [0, 0.1) is 5.92 Å². The van der Waals surface area contributed by atoms with Crippen molar-refractivity contribution in [2.45, 2.75) is 68.4 Å². The Hall–Kier alpha value is 0.0500. The van der Waals surface area contributed by atoms with Crippen molar-refractivity contribution >= 4 is 23.1 Å². The molecule has 0 aliphatic heterocycles. The summed E-state index contributed by atoms with van der Waals surface area (Å²) in [6.07, 6.45) is 9.47. The van der Waals surface area contributed by atoms with Crippen LogP contribution in [0.1, 0.15) is 68.4 Å². The van der Waals surface area contributed by atoms with Crippen LogP contribution in [0.15, 0.2) is 4.21 Å². The molecule has 0 N–H and O–H groups in total. The lowest BCUT2D eigenvalue weighted by Gasteiger charge is -2.28. The summed E-state index contributed by atoms with van der Waals surface area (Å²) in [5.74, 6) is 1.88. The van der Waals surface area contributed by atoms with E-state index in [0.29, 0.717) is 5.41 Å². The van der Waals surface area contributed by atoms with Gasteiger partial charge in [-0.3, -0.25) is 0 Å². The first kappa shape index (κ1) is 13.1. The lowest BCUT2D eigenvalue weighted by Crippen LogP contribution is -2.17. The molecule has 0 aromatic carbocycles. The zero-order chi connectivity index (χ0) is 12.9. The zero-order valence-corrected chi connectivity index (χ0v) is 13.6. The maximum atomic E-state index is 2.39. The average Bonchev–Trinajstić information content (AvgIpc) is 2.83. The Bertz CT molecular complexity index is 450. The van der Waals surface area contributed by atoms with Gasteiger partial charge in [-0.05, 0) is 53.9 Å². The van der Waals surface area contributed by atoms with Gasteiger partial charge in [0, 0.05) is 4.88 Å². The van der Waals surface area contributed by atoms with Crippen molar-refractivity contribution in [3.8, 4) is 0 Å². The Balaban J connectivity index is 2.10. The maximum absolute atomic E-state index is 2.39. The topological polar surface area (TPSA) is 0 Å². The van der Waals surface area contributed by atoms with Crippen molar-refractivity contribution in [2.75, 3.05) is 6.26 Å². The minimum absolute atomic E-state index is 0.328. The monoisotopic (exact) mass is 280 g/mol. The van der Waals surface area contributed by atoms with E-state index in [4.69, 9.17) is 0 Å². The van der Waals surface area contributed by atoms with E-state index in [1.54, 1.807) is 20.2 Å². The van der Waals surface area contributed by atoms with Gasteiger partial charge in [0.05, 0.1) is 4.21 Å². The molecule has 18 heavy (non-hydrogen) atoms. The minimum Gasteiger partial charge on any atom is -0.133 e. The van der Waals surface area contributed by atoms with Crippen LogP contribution in [0.3, 0.4) is 0 Å². The van der Waals surface area contributed by atoms with Crippen LogP contribution in [0.25, 0.3) is 0 Å². The van der Waals surface area contributed by atoms with Gasteiger partial charge in [-0.1, -0.05) is 33.6 Å². The second-order valence-electron chi connectivity index (χ2n) is 6.92. The van der Waals surface area contributed by atoms with E-state index < -0.39 is 0 Å². The molecular formula is C16H24S2. The van der Waals surface area contributed by atoms with Crippen molar-refractivity contribution < 1.29 is 0 Å². The van der Waals surface area contributed by atoms with Gasteiger partial charge in [-0.25, -0.2) is 0 Å². The van der Waals surface area contributed by atoms with E-state index in [1.807, 2.05) is 11.8 Å². The average molecular weight is 281 g/mol. The lowest BCUT2D eigenvalue weighted by molar-refractivity contribution is 0.328. The molecule has 1 aromatic heterocycles. The first-order valence-corrected chi connectivity index (χ1v) is 9.26. The van der Waals surface area contributed by atoms with E-state index in [-0.39, 0.29) is 0 Å². The van der Waals surface area contributed by atoms with Crippen LogP contribution < -0.4 is 0 Å². The molecule has 2 heteroatoms. The van der Waals surface area contributed by atoms with Crippen molar-refractivity contribution in [1.29, 1.82) is 0 Å². The molecule has 0 nitrogen and oxygen atoms in total. The first-order chi connectivity index (χ1) is 8.52. The molecule has 2 atom stereocenters. The molecule has 1 fully saturated rings. The van der Waals surface area contributed by atoms with Gasteiger partial charge in [-0.2, -0.15) is 0 Å². The predicted molar refractivity (Wildman–Crippen MR) is 83.2 cm³/mol. The Morgan fingerprint density at radius 3 is 2.56 bits per heavy atom. The van der Waals surface area contributed by atoms with E-state index in [2.05, 4.69) is 38.4 Å². The number of rotatable bonds is 1. The highest BCUT2D eigenvalue weighted by Crippen LogP contribution is 2.55. The molecular weight excluding hydrogens is 256 g/mol. The van der Waals surface area contributed by atoms with E-state index in [0.717, 1.165) is 11.8 Å². The fraction of sp³-hybridized carbons (Fsp3) is 0.750. The fourth-order valence-electron chi connectivity index (χ4n) is 3.86. The third-order valence-electron chi connectivity index (χ3n) is 4.62. The molecule has 2 aliphatic rings. The third kappa shape index (κ3) is 1.96. The molecule has 0 saturated heterocycles. The summed E-state index contributed by atoms with van der Waals surface area (Å²) in [5.41, 5.74) is 3.87. The van der Waals surface area contributed by atoms with Crippen LogP contribution in [-0.4, -0.2) is 6.26 Å². The quantitative estimate of drug-likeness (QED) is 0.604. The summed E-state index contributed by atoms with van der Waals surface area (Å²) >= 11 is 4.06. The number of hydrogen-bond donors (Lipinski definition) is 0. The normalized spacial score (nSPS) is 27.1. The summed E-state index contributed by atoms with van der Waals surface area (Å²) in [6, 6.07) is 0. The largest absolute Gasteiger partial charge is 0.133 e. The molecule has 1 heterocycles. The fourth-order valence-corrected chi connectivity index (χ4v) is 6.07. The number of thiophene rings is 1. The Morgan fingerprint density at radius 1 is 1.17 bits per heavy atom. The lowest BCUT2D eigenvalue weighted by atomic mass is 9.77. The summed E-state index contributed by atoms with van der Waals surface area (Å²) < 4.78 is 1.62. The van der Waals surface area contributed by atoms with E-state index in [1.165, 1.54) is 32.1 Å². The highest BCUT2D eigenvalue weighted by Gasteiger charge is 2.40. The van der Waals surface area contributed by atoms with Crippen molar-refractivity contribution in [3.05, 3.63) is 16.0 Å². The van der Waals surface area contributed by atoms with Crippen LogP contribution in [0.5, 0.6) is 0 Å². The van der Waals surface area contributed by atoms with E-state index >= 15 is 0 Å². The Morgan fingerprint density at radius 2 is 1.89 bits per heavy atom. The summed E-state index contributed by atoms with van der Waals surface area (Å²) in [6.45, 7) is 7.16. The molecule has 0 bridgehead atoms. The van der Waals surface area contributed by atoms with Gasteiger partial charge < -0.3 is 0 Å². The molecule has 1 saturated carbocycles. The third-order valence-corrected chi connectivity index (χ3v) is 7.46. The SMILES string of the molecule is CSc1sc(C(C)(C)C)c2c1CC1CCCCC21. The molecule has 0 amide bonds. The maximum Gasteiger partial charge on any atom is 0.0634 e. The molecule has 0 radical (unpaired) electrons. The van der Waals surface area contributed by atoms with Crippen LogP contribution >= 0.6 is 23.1 Å². The zero-order valence-electron chi connectivity index (χ0n) is 12.0. The van der Waals surface area contributed by atoms with Gasteiger partial charge in [-0.15, -0.1) is 23.1 Å². The van der Waals surface area contributed by atoms with Gasteiger partial charge in [0.2, 0.25) is 0 Å². The number of fused-ring (bicyclic) bond motifs is 3. The van der Waals surface area contributed by atoms with Gasteiger partial charge in [0.25, 0.3) is 0 Å². The minimum atomic E-state index is 0.328. The van der Waals surface area contributed by atoms with Crippen LogP contribution in [-0.2, 0) is 11.8 Å². The summed E-state index contributed by atoms with van der Waals surface area (Å²) in [5, 5.41) is 0. The number of thioether (sulfide) groups is 1. The molecule has 3 rings (SSSR count). The summed E-state index contributed by atoms with van der Waals surface area (Å²) in [7, 11) is 0. The number of hydrogen-bond acceptors (Lipinski definition) is 2. The Kier molecular flexibility index (Phi) is 3.30.